The molecule has 4 heteroatoms. The standard InChI is InChI=1S/C16H26N2O2/c1-11-13(20-15(17-11)16(2,3)4)9-10-14(19)18-12-7-5-6-8-12/h12H,5-10H2,1-4H3,(H,18,19). The minimum absolute atomic E-state index is 0.0882. The maximum Gasteiger partial charge on any atom is 0.220 e. The zero-order valence-electron chi connectivity index (χ0n) is 13.1. The second kappa shape index (κ2) is 5.98. The van der Waals surface area contributed by atoms with Gasteiger partial charge in [0.2, 0.25) is 5.91 Å². The first-order valence-electron chi connectivity index (χ1n) is 7.62. The number of aromatic nitrogens is 1. The summed E-state index contributed by atoms with van der Waals surface area (Å²) >= 11 is 0. The predicted molar refractivity (Wildman–Crippen MR) is 78.7 cm³/mol. The second-order valence-corrected chi connectivity index (χ2v) is 6.83. The number of hydrogen-bond donors (Lipinski definition) is 1. The Labute approximate surface area is 121 Å². The molecule has 1 saturated carbocycles. The van der Waals surface area contributed by atoms with Crippen molar-refractivity contribution in [3.05, 3.63) is 17.3 Å². The predicted octanol–water partition coefficient (Wildman–Crippen LogP) is 3.27. The van der Waals surface area contributed by atoms with E-state index in [2.05, 4.69) is 31.1 Å². The van der Waals surface area contributed by atoms with Gasteiger partial charge < -0.3 is 9.73 Å². The van der Waals surface area contributed by atoms with E-state index in [1.165, 1.54) is 12.8 Å². The van der Waals surface area contributed by atoms with Gasteiger partial charge in [0, 0.05) is 24.3 Å². The highest BCUT2D eigenvalue weighted by Gasteiger charge is 2.23. The maximum atomic E-state index is 11.9. The molecule has 112 valence electrons. The first-order chi connectivity index (χ1) is 9.36. The Morgan fingerprint density at radius 2 is 2.00 bits per heavy atom. The SMILES string of the molecule is Cc1nc(C(C)(C)C)oc1CCC(=O)NC1CCCC1. The average molecular weight is 278 g/mol. The van der Waals surface area contributed by atoms with Crippen molar-refractivity contribution < 1.29 is 9.21 Å². The summed E-state index contributed by atoms with van der Waals surface area (Å²) in [5.74, 6) is 1.72. The zero-order valence-corrected chi connectivity index (χ0v) is 13.1. The number of carbonyl (C=O) groups is 1. The molecule has 2 rings (SSSR count). The van der Waals surface area contributed by atoms with E-state index in [4.69, 9.17) is 4.42 Å². The lowest BCUT2D eigenvalue weighted by atomic mass is 9.97. The van der Waals surface area contributed by atoms with Crippen LogP contribution in [-0.2, 0) is 16.6 Å². The molecule has 1 heterocycles. The number of nitrogens with zero attached hydrogens (tertiary/aromatic N) is 1. The smallest absolute Gasteiger partial charge is 0.220 e. The van der Waals surface area contributed by atoms with Crippen LogP contribution in [0, 0.1) is 6.92 Å². The topological polar surface area (TPSA) is 55.1 Å². The molecule has 0 spiro atoms. The van der Waals surface area contributed by atoms with Gasteiger partial charge in [0.15, 0.2) is 5.89 Å². The molecule has 20 heavy (non-hydrogen) atoms. The van der Waals surface area contributed by atoms with E-state index in [0.717, 1.165) is 30.2 Å². The van der Waals surface area contributed by atoms with Crippen molar-refractivity contribution >= 4 is 5.91 Å². The highest BCUT2D eigenvalue weighted by molar-refractivity contribution is 5.76. The van der Waals surface area contributed by atoms with E-state index >= 15 is 0 Å². The highest BCUT2D eigenvalue weighted by atomic mass is 16.4. The summed E-state index contributed by atoms with van der Waals surface area (Å²) in [6.45, 7) is 8.18. The van der Waals surface area contributed by atoms with Gasteiger partial charge in [-0.15, -0.1) is 0 Å². The lowest BCUT2D eigenvalue weighted by Crippen LogP contribution is -2.32. The molecule has 4 nitrogen and oxygen atoms in total. The van der Waals surface area contributed by atoms with Gasteiger partial charge in [0.05, 0.1) is 5.69 Å². The Bertz CT molecular complexity index is 465. The fraction of sp³-hybridized carbons (Fsp3) is 0.750. The maximum absolute atomic E-state index is 11.9. The summed E-state index contributed by atoms with van der Waals surface area (Å²) in [5.41, 5.74) is 0.818. The van der Waals surface area contributed by atoms with Crippen molar-refractivity contribution in [2.24, 2.45) is 0 Å². The van der Waals surface area contributed by atoms with Gasteiger partial charge in [-0.05, 0) is 19.8 Å². The molecule has 1 aromatic heterocycles. The van der Waals surface area contributed by atoms with Crippen molar-refractivity contribution in [1.82, 2.24) is 10.3 Å². The van der Waals surface area contributed by atoms with Crippen molar-refractivity contribution in [1.29, 1.82) is 0 Å². The van der Waals surface area contributed by atoms with Crippen LogP contribution in [-0.4, -0.2) is 16.9 Å². The van der Waals surface area contributed by atoms with E-state index in [1.54, 1.807) is 0 Å². The molecular weight excluding hydrogens is 252 g/mol. The van der Waals surface area contributed by atoms with Gasteiger partial charge in [0.1, 0.15) is 5.76 Å². The van der Waals surface area contributed by atoms with Gasteiger partial charge in [0.25, 0.3) is 0 Å². The number of hydrogen-bond acceptors (Lipinski definition) is 3. The van der Waals surface area contributed by atoms with E-state index in [-0.39, 0.29) is 11.3 Å². The van der Waals surface area contributed by atoms with Gasteiger partial charge in [-0.25, -0.2) is 4.98 Å². The lowest BCUT2D eigenvalue weighted by Gasteiger charge is -2.12. The Balaban J connectivity index is 1.87. The van der Waals surface area contributed by atoms with Crippen LogP contribution in [0.15, 0.2) is 4.42 Å². The highest BCUT2D eigenvalue weighted by Crippen LogP contribution is 2.24. The van der Waals surface area contributed by atoms with Gasteiger partial charge in [-0.2, -0.15) is 0 Å². The molecule has 0 aromatic carbocycles. The monoisotopic (exact) mass is 278 g/mol. The van der Waals surface area contributed by atoms with Gasteiger partial charge in [-0.3, -0.25) is 4.79 Å². The Hall–Kier alpha value is -1.32. The molecule has 0 atom stereocenters. The molecule has 0 radical (unpaired) electrons. The third-order valence-corrected chi connectivity index (χ3v) is 3.83. The molecular formula is C16H26N2O2. The number of aryl methyl sites for hydroxylation is 2. The van der Waals surface area contributed by atoms with Crippen LogP contribution < -0.4 is 5.32 Å². The molecule has 1 aliphatic carbocycles. The minimum atomic E-state index is -0.0882. The van der Waals surface area contributed by atoms with Crippen LogP contribution in [0.25, 0.3) is 0 Å². The Morgan fingerprint density at radius 1 is 1.35 bits per heavy atom. The fourth-order valence-electron chi connectivity index (χ4n) is 2.58. The first-order valence-corrected chi connectivity index (χ1v) is 7.62. The molecule has 0 aliphatic heterocycles. The average Bonchev–Trinajstić information content (AvgIpc) is 2.95. The third kappa shape index (κ3) is 3.84. The third-order valence-electron chi connectivity index (χ3n) is 3.83. The number of rotatable bonds is 4. The summed E-state index contributed by atoms with van der Waals surface area (Å²) in [6, 6.07) is 0.392. The van der Waals surface area contributed by atoms with Crippen LogP contribution in [0.3, 0.4) is 0 Å². The number of carbonyl (C=O) groups excluding carboxylic acids is 1. The molecule has 1 N–H and O–H groups in total. The molecule has 0 unspecified atom stereocenters. The van der Waals surface area contributed by atoms with Gasteiger partial charge >= 0.3 is 0 Å². The van der Waals surface area contributed by atoms with Crippen molar-refractivity contribution in [2.75, 3.05) is 0 Å². The van der Waals surface area contributed by atoms with Crippen LogP contribution in [0.1, 0.15) is 70.2 Å². The molecule has 0 saturated heterocycles. The lowest BCUT2D eigenvalue weighted by molar-refractivity contribution is -0.121. The van der Waals surface area contributed by atoms with Crippen molar-refractivity contribution in [3.63, 3.8) is 0 Å². The summed E-state index contributed by atoms with van der Waals surface area (Å²) in [7, 11) is 0. The number of oxazole rings is 1. The van der Waals surface area contributed by atoms with E-state index in [1.807, 2.05) is 6.92 Å². The second-order valence-electron chi connectivity index (χ2n) is 6.83. The fourth-order valence-corrected chi connectivity index (χ4v) is 2.58. The quantitative estimate of drug-likeness (QED) is 0.919. The molecule has 0 bridgehead atoms. The molecule has 1 aliphatic rings. The summed E-state index contributed by atoms with van der Waals surface area (Å²) in [6.07, 6.45) is 5.84. The zero-order chi connectivity index (χ0) is 14.8. The largest absolute Gasteiger partial charge is 0.445 e. The first kappa shape index (κ1) is 15.1. The van der Waals surface area contributed by atoms with Crippen molar-refractivity contribution in [3.8, 4) is 0 Å². The normalized spacial score (nSPS) is 16.6. The van der Waals surface area contributed by atoms with Crippen LogP contribution in [0.2, 0.25) is 0 Å². The van der Waals surface area contributed by atoms with E-state index in [0.29, 0.717) is 18.9 Å². The van der Waals surface area contributed by atoms with E-state index < -0.39 is 0 Å². The van der Waals surface area contributed by atoms with Crippen LogP contribution in [0.4, 0.5) is 0 Å². The Morgan fingerprint density at radius 3 is 2.55 bits per heavy atom. The summed E-state index contributed by atoms with van der Waals surface area (Å²) in [5, 5.41) is 3.10. The van der Waals surface area contributed by atoms with Crippen LogP contribution in [0.5, 0.6) is 0 Å². The summed E-state index contributed by atoms with van der Waals surface area (Å²) < 4.78 is 5.81. The van der Waals surface area contributed by atoms with Crippen molar-refractivity contribution in [2.45, 2.75) is 77.7 Å². The van der Waals surface area contributed by atoms with E-state index in [9.17, 15) is 4.79 Å². The molecule has 1 fully saturated rings. The minimum Gasteiger partial charge on any atom is -0.445 e. The Kier molecular flexibility index (Phi) is 4.51. The number of amides is 1. The van der Waals surface area contributed by atoms with Gasteiger partial charge in [-0.1, -0.05) is 33.6 Å². The number of nitrogens with one attached hydrogen (secondary N) is 1. The summed E-state index contributed by atoms with van der Waals surface area (Å²) in [4.78, 5) is 16.4. The molecule has 1 aromatic rings. The molecule has 1 amide bonds. The van der Waals surface area contributed by atoms with Crippen LogP contribution >= 0.6 is 0 Å².